The van der Waals surface area contributed by atoms with Gasteiger partial charge in [0.15, 0.2) is 0 Å². The summed E-state index contributed by atoms with van der Waals surface area (Å²) < 4.78 is 0. The highest BCUT2D eigenvalue weighted by Gasteiger charge is 2.19. The van der Waals surface area contributed by atoms with Crippen LogP contribution in [0.5, 0.6) is 0 Å². The first kappa shape index (κ1) is 12.4. The Morgan fingerprint density at radius 3 is 2.22 bits per heavy atom. The van der Waals surface area contributed by atoms with E-state index in [-0.39, 0.29) is 11.1 Å². The number of carboxylic acid groups (broad SMARTS) is 2. The van der Waals surface area contributed by atoms with Gasteiger partial charge in [-0.25, -0.2) is 9.59 Å². The Bertz CT molecular complexity index is 478. The molecule has 2 N–H and O–H groups in total. The average molecular weight is 249 g/mol. The number of hydrogen-bond donors (Lipinski definition) is 2. The molecular formula is C13H15NO4. The number of carbonyl (C=O) groups is 2. The van der Waals surface area contributed by atoms with E-state index < -0.39 is 11.9 Å². The molecule has 1 saturated heterocycles. The molecule has 1 aliphatic rings. The van der Waals surface area contributed by atoms with Gasteiger partial charge in [0, 0.05) is 13.1 Å². The molecular weight excluding hydrogens is 234 g/mol. The third-order valence-corrected chi connectivity index (χ3v) is 3.17. The topological polar surface area (TPSA) is 77.8 Å². The van der Waals surface area contributed by atoms with Crippen LogP contribution in [-0.2, 0) is 0 Å². The van der Waals surface area contributed by atoms with Crippen molar-refractivity contribution in [1.82, 2.24) is 0 Å². The van der Waals surface area contributed by atoms with E-state index in [2.05, 4.69) is 0 Å². The standard InChI is InChI=1S/C13H15NO4/c15-12(16)9-4-5-10(13(17)18)11(8-9)14-6-2-1-3-7-14/h4-5,8H,1-3,6-7H2,(H,15,16)(H,17,18). The summed E-state index contributed by atoms with van der Waals surface area (Å²) >= 11 is 0. The zero-order valence-electron chi connectivity index (χ0n) is 9.93. The molecule has 0 spiro atoms. The van der Waals surface area contributed by atoms with E-state index in [9.17, 15) is 9.59 Å². The zero-order chi connectivity index (χ0) is 13.1. The summed E-state index contributed by atoms with van der Waals surface area (Å²) in [5.74, 6) is -2.06. The van der Waals surface area contributed by atoms with Gasteiger partial charge in [0.05, 0.1) is 16.8 Å². The monoisotopic (exact) mass is 249 g/mol. The van der Waals surface area contributed by atoms with Crippen molar-refractivity contribution >= 4 is 17.6 Å². The van der Waals surface area contributed by atoms with Gasteiger partial charge in [0.25, 0.3) is 0 Å². The van der Waals surface area contributed by atoms with E-state index in [0.717, 1.165) is 32.4 Å². The molecule has 1 heterocycles. The van der Waals surface area contributed by atoms with Gasteiger partial charge in [-0.2, -0.15) is 0 Å². The van der Waals surface area contributed by atoms with Crippen molar-refractivity contribution in [3.63, 3.8) is 0 Å². The maximum absolute atomic E-state index is 11.2. The van der Waals surface area contributed by atoms with Crippen LogP contribution < -0.4 is 4.90 Å². The summed E-state index contributed by atoms with van der Waals surface area (Å²) in [5.41, 5.74) is 0.810. The Kier molecular flexibility index (Phi) is 3.50. The molecule has 2 rings (SSSR count). The largest absolute Gasteiger partial charge is 0.478 e. The van der Waals surface area contributed by atoms with E-state index in [0.29, 0.717) is 5.69 Å². The number of piperidine rings is 1. The summed E-state index contributed by atoms with van der Waals surface area (Å²) in [5, 5.41) is 18.1. The van der Waals surface area contributed by atoms with E-state index in [1.165, 1.54) is 18.2 Å². The van der Waals surface area contributed by atoms with Crippen molar-refractivity contribution in [1.29, 1.82) is 0 Å². The third-order valence-electron chi connectivity index (χ3n) is 3.17. The number of rotatable bonds is 3. The lowest BCUT2D eigenvalue weighted by Gasteiger charge is -2.30. The van der Waals surface area contributed by atoms with Gasteiger partial charge >= 0.3 is 11.9 Å². The SMILES string of the molecule is O=C(O)c1ccc(C(=O)O)c(N2CCCCC2)c1. The smallest absolute Gasteiger partial charge is 0.337 e. The van der Waals surface area contributed by atoms with Crippen LogP contribution in [0.4, 0.5) is 5.69 Å². The molecule has 5 nitrogen and oxygen atoms in total. The summed E-state index contributed by atoms with van der Waals surface area (Å²) in [6.45, 7) is 1.56. The molecule has 0 atom stereocenters. The number of anilines is 1. The Balaban J connectivity index is 2.42. The summed E-state index contributed by atoms with van der Waals surface area (Å²) in [6.07, 6.45) is 3.16. The van der Waals surface area contributed by atoms with Crippen molar-refractivity contribution in [2.45, 2.75) is 19.3 Å². The average Bonchev–Trinajstić information content (AvgIpc) is 2.39. The predicted octanol–water partition coefficient (Wildman–Crippen LogP) is 2.07. The Morgan fingerprint density at radius 2 is 1.67 bits per heavy atom. The lowest BCUT2D eigenvalue weighted by atomic mass is 10.0. The molecule has 0 unspecified atom stereocenters. The predicted molar refractivity (Wildman–Crippen MR) is 66.4 cm³/mol. The van der Waals surface area contributed by atoms with E-state index in [4.69, 9.17) is 10.2 Å². The molecule has 0 bridgehead atoms. The fourth-order valence-electron chi connectivity index (χ4n) is 2.24. The Morgan fingerprint density at radius 1 is 1.00 bits per heavy atom. The van der Waals surface area contributed by atoms with E-state index in [1.807, 2.05) is 4.90 Å². The molecule has 0 radical (unpaired) electrons. The minimum absolute atomic E-state index is 0.126. The molecule has 1 fully saturated rings. The van der Waals surface area contributed by atoms with Gasteiger partial charge in [-0.3, -0.25) is 0 Å². The third kappa shape index (κ3) is 2.45. The highest BCUT2D eigenvalue weighted by Crippen LogP contribution is 2.25. The van der Waals surface area contributed by atoms with Gasteiger partial charge < -0.3 is 15.1 Å². The Labute approximate surface area is 105 Å². The van der Waals surface area contributed by atoms with Crippen molar-refractivity contribution in [3.8, 4) is 0 Å². The molecule has 0 aromatic heterocycles. The number of benzene rings is 1. The van der Waals surface area contributed by atoms with Crippen molar-refractivity contribution < 1.29 is 19.8 Å². The fourth-order valence-corrected chi connectivity index (χ4v) is 2.24. The fraction of sp³-hybridized carbons (Fsp3) is 0.385. The van der Waals surface area contributed by atoms with Gasteiger partial charge in [0.1, 0.15) is 0 Å². The molecule has 1 aromatic carbocycles. The number of hydrogen-bond acceptors (Lipinski definition) is 3. The minimum Gasteiger partial charge on any atom is -0.478 e. The molecule has 1 aliphatic heterocycles. The normalized spacial score (nSPS) is 15.4. The highest BCUT2D eigenvalue weighted by molar-refractivity contribution is 5.97. The van der Waals surface area contributed by atoms with E-state index in [1.54, 1.807) is 0 Å². The molecule has 0 saturated carbocycles. The van der Waals surface area contributed by atoms with Crippen LogP contribution in [-0.4, -0.2) is 35.2 Å². The highest BCUT2D eigenvalue weighted by atomic mass is 16.4. The van der Waals surface area contributed by atoms with Crippen molar-refractivity contribution in [2.24, 2.45) is 0 Å². The number of carboxylic acids is 2. The number of nitrogens with zero attached hydrogens (tertiary/aromatic N) is 1. The zero-order valence-corrected chi connectivity index (χ0v) is 9.93. The first-order valence-electron chi connectivity index (χ1n) is 5.95. The maximum atomic E-state index is 11.2. The van der Waals surface area contributed by atoms with Gasteiger partial charge in [-0.05, 0) is 37.5 Å². The van der Waals surface area contributed by atoms with Crippen LogP contribution in [0, 0.1) is 0 Å². The van der Waals surface area contributed by atoms with Crippen LogP contribution in [0.3, 0.4) is 0 Å². The molecule has 96 valence electrons. The summed E-state index contributed by atoms with van der Waals surface area (Å²) in [7, 11) is 0. The van der Waals surface area contributed by atoms with Gasteiger partial charge in [-0.15, -0.1) is 0 Å². The van der Waals surface area contributed by atoms with Crippen molar-refractivity contribution in [2.75, 3.05) is 18.0 Å². The van der Waals surface area contributed by atoms with Gasteiger partial charge in [0.2, 0.25) is 0 Å². The first-order valence-corrected chi connectivity index (χ1v) is 5.95. The first-order chi connectivity index (χ1) is 8.59. The van der Waals surface area contributed by atoms with Crippen LogP contribution in [0.25, 0.3) is 0 Å². The number of aromatic carboxylic acids is 2. The minimum atomic E-state index is -1.04. The quantitative estimate of drug-likeness (QED) is 0.857. The Hall–Kier alpha value is -2.04. The maximum Gasteiger partial charge on any atom is 0.337 e. The molecule has 18 heavy (non-hydrogen) atoms. The molecule has 0 amide bonds. The van der Waals surface area contributed by atoms with Gasteiger partial charge in [-0.1, -0.05) is 0 Å². The second kappa shape index (κ2) is 5.08. The van der Waals surface area contributed by atoms with Crippen LogP contribution in [0.1, 0.15) is 40.0 Å². The van der Waals surface area contributed by atoms with E-state index >= 15 is 0 Å². The summed E-state index contributed by atoms with van der Waals surface area (Å²) in [6, 6.07) is 4.16. The lowest BCUT2D eigenvalue weighted by molar-refractivity contribution is 0.0681. The molecule has 0 aliphatic carbocycles. The molecule has 5 heteroatoms. The summed E-state index contributed by atoms with van der Waals surface area (Å²) in [4.78, 5) is 24.1. The van der Waals surface area contributed by atoms with Crippen LogP contribution >= 0.6 is 0 Å². The van der Waals surface area contributed by atoms with Crippen molar-refractivity contribution in [3.05, 3.63) is 29.3 Å². The molecule has 1 aromatic rings. The van der Waals surface area contributed by atoms with Crippen LogP contribution in [0.2, 0.25) is 0 Å². The van der Waals surface area contributed by atoms with Crippen LogP contribution in [0.15, 0.2) is 18.2 Å². The lowest BCUT2D eigenvalue weighted by Crippen LogP contribution is -2.31. The second-order valence-electron chi connectivity index (χ2n) is 4.39. The second-order valence-corrected chi connectivity index (χ2v) is 4.39.